The Bertz CT molecular complexity index is 1100. The third-order valence-corrected chi connectivity index (χ3v) is 5.74. The van der Waals surface area contributed by atoms with Crippen LogP contribution in [0.25, 0.3) is 11.2 Å². The van der Waals surface area contributed by atoms with Crippen LogP contribution in [0.5, 0.6) is 6.01 Å². The molecule has 6 nitrogen and oxygen atoms in total. The van der Waals surface area contributed by atoms with Gasteiger partial charge >= 0.3 is 6.01 Å². The molecular formula is C23H25N5OS. The second-order valence-corrected chi connectivity index (χ2v) is 7.95. The summed E-state index contributed by atoms with van der Waals surface area (Å²) in [5, 5.41) is 0.865. The summed E-state index contributed by atoms with van der Waals surface area (Å²) in [5.74, 6) is 1.16. The van der Waals surface area contributed by atoms with Gasteiger partial charge in [0.25, 0.3) is 0 Å². The number of ether oxygens (including phenoxy) is 1. The molecule has 0 radical (unpaired) electrons. The number of imidazole rings is 1. The maximum Gasteiger partial charge on any atom is 0.320 e. The first-order valence-electron chi connectivity index (χ1n) is 10.1. The van der Waals surface area contributed by atoms with Crippen LogP contribution in [0.1, 0.15) is 30.9 Å². The molecule has 0 saturated heterocycles. The number of fused-ring (bicyclic) bond motifs is 1. The van der Waals surface area contributed by atoms with Crippen molar-refractivity contribution in [2.45, 2.75) is 37.2 Å². The summed E-state index contributed by atoms with van der Waals surface area (Å²) in [6, 6.07) is 20.9. The fraction of sp³-hybridized carbons (Fsp3) is 0.261. The van der Waals surface area contributed by atoms with Crippen molar-refractivity contribution in [1.82, 2.24) is 19.5 Å². The monoisotopic (exact) mass is 419 g/mol. The quantitative estimate of drug-likeness (QED) is 0.306. The summed E-state index contributed by atoms with van der Waals surface area (Å²) in [6.45, 7) is 3.34. The molecular weight excluding hydrogens is 394 g/mol. The van der Waals surface area contributed by atoms with Crippen molar-refractivity contribution in [2.75, 3.05) is 12.3 Å². The Morgan fingerprint density at radius 2 is 1.63 bits per heavy atom. The molecule has 0 amide bonds. The van der Waals surface area contributed by atoms with Crippen LogP contribution in [0.15, 0.2) is 65.8 Å². The molecule has 0 aliphatic carbocycles. The van der Waals surface area contributed by atoms with Crippen LogP contribution in [0.2, 0.25) is 0 Å². The minimum atomic E-state index is 0.308. The molecule has 4 rings (SSSR count). The number of nitrogens with two attached hydrogens (primary N) is 1. The van der Waals surface area contributed by atoms with E-state index in [1.54, 1.807) is 11.8 Å². The van der Waals surface area contributed by atoms with Crippen molar-refractivity contribution in [3.63, 3.8) is 0 Å². The maximum atomic E-state index is 6.23. The first-order chi connectivity index (χ1) is 14.7. The van der Waals surface area contributed by atoms with E-state index in [2.05, 4.69) is 45.7 Å². The highest BCUT2D eigenvalue weighted by molar-refractivity contribution is 7.98. The molecule has 7 heteroatoms. The Morgan fingerprint density at radius 3 is 2.33 bits per heavy atom. The van der Waals surface area contributed by atoms with Gasteiger partial charge in [-0.15, -0.1) is 0 Å². The molecule has 0 saturated carbocycles. The number of thioether (sulfide) groups is 1. The minimum Gasteiger partial charge on any atom is -0.463 e. The van der Waals surface area contributed by atoms with E-state index in [1.165, 1.54) is 11.1 Å². The third kappa shape index (κ3) is 4.74. The maximum absolute atomic E-state index is 6.23. The number of aromatic nitrogens is 4. The SMILES string of the molecule is CCCCOc1nc(N)c2nc(SCc3ccccc3)n(Cc3ccccc3)c2n1. The van der Waals surface area contributed by atoms with Crippen LogP contribution in [-0.4, -0.2) is 26.1 Å². The first kappa shape index (κ1) is 20.2. The number of nitrogen functional groups attached to an aromatic ring is 1. The molecule has 0 fully saturated rings. The van der Waals surface area contributed by atoms with E-state index in [-0.39, 0.29) is 0 Å². The molecule has 2 N–H and O–H groups in total. The number of benzene rings is 2. The Labute approximate surface area is 180 Å². The summed E-state index contributed by atoms with van der Waals surface area (Å²) in [6.07, 6.45) is 1.99. The van der Waals surface area contributed by atoms with Gasteiger partial charge in [-0.05, 0) is 17.5 Å². The van der Waals surface area contributed by atoms with Gasteiger partial charge in [-0.3, -0.25) is 4.57 Å². The Hall–Kier alpha value is -3.06. The zero-order chi connectivity index (χ0) is 20.8. The van der Waals surface area contributed by atoms with Crippen molar-refractivity contribution in [2.24, 2.45) is 0 Å². The second kappa shape index (κ2) is 9.63. The second-order valence-electron chi connectivity index (χ2n) is 7.01. The van der Waals surface area contributed by atoms with Gasteiger partial charge in [0.1, 0.15) is 0 Å². The molecule has 2 aromatic heterocycles. The highest BCUT2D eigenvalue weighted by Crippen LogP contribution is 2.30. The van der Waals surface area contributed by atoms with Gasteiger partial charge in [0.15, 0.2) is 22.1 Å². The van der Waals surface area contributed by atoms with Gasteiger partial charge in [0.05, 0.1) is 13.2 Å². The molecule has 4 aromatic rings. The Kier molecular flexibility index (Phi) is 6.49. The van der Waals surface area contributed by atoms with E-state index >= 15 is 0 Å². The summed E-state index contributed by atoms with van der Waals surface area (Å²) in [7, 11) is 0. The molecule has 2 heterocycles. The number of unbranched alkanes of at least 4 members (excludes halogenated alkanes) is 1. The zero-order valence-corrected chi connectivity index (χ0v) is 17.8. The highest BCUT2D eigenvalue weighted by atomic mass is 32.2. The lowest BCUT2D eigenvalue weighted by Gasteiger charge is -2.10. The summed E-state index contributed by atoms with van der Waals surface area (Å²) < 4.78 is 7.83. The largest absolute Gasteiger partial charge is 0.463 e. The fourth-order valence-corrected chi connectivity index (χ4v) is 4.05. The molecule has 154 valence electrons. The van der Waals surface area contributed by atoms with Gasteiger partial charge in [0, 0.05) is 5.75 Å². The van der Waals surface area contributed by atoms with Crippen molar-refractivity contribution < 1.29 is 4.74 Å². The number of hydrogen-bond acceptors (Lipinski definition) is 6. The minimum absolute atomic E-state index is 0.308. The molecule has 0 unspecified atom stereocenters. The number of anilines is 1. The molecule has 0 atom stereocenters. The molecule has 0 bridgehead atoms. The average molecular weight is 420 g/mol. The van der Waals surface area contributed by atoms with Crippen LogP contribution in [0.3, 0.4) is 0 Å². The van der Waals surface area contributed by atoms with Gasteiger partial charge in [-0.25, -0.2) is 4.98 Å². The molecule has 0 aliphatic rings. The highest BCUT2D eigenvalue weighted by Gasteiger charge is 2.18. The third-order valence-electron chi connectivity index (χ3n) is 4.69. The molecule has 30 heavy (non-hydrogen) atoms. The number of nitrogens with zero attached hydrogens (tertiary/aromatic N) is 4. The predicted octanol–water partition coefficient (Wildman–Crippen LogP) is 4.93. The molecule has 0 aliphatic heterocycles. The van der Waals surface area contributed by atoms with E-state index < -0.39 is 0 Å². The zero-order valence-electron chi connectivity index (χ0n) is 17.0. The predicted molar refractivity (Wildman–Crippen MR) is 122 cm³/mol. The van der Waals surface area contributed by atoms with Crippen molar-refractivity contribution >= 4 is 28.7 Å². The van der Waals surface area contributed by atoms with E-state index in [1.807, 2.05) is 36.4 Å². The molecule has 2 aromatic carbocycles. The van der Waals surface area contributed by atoms with E-state index in [9.17, 15) is 0 Å². The smallest absolute Gasteiger partial charge is 0.320 e. The van der Waals surface area contributed by atoms with E-state index in [0.29, 0.717) is 36.1 Å². The van der Waals surface area contributed by atoms with E-state index in [0.717, 1.165) is 23.8 Å². The lowest BCUT2D eigenvalue weighted by molar-refractivity contribution is 0.286. The summed E-state index contributed by atoms with van der Waals surface area (Å²) in [4.78, 5) is 13.7. The van der Waals surface area contributed by atoms with Crippen LogP contribution < -0.4 is 10.5 Å². The van der Waals surface area contributed by atoms with Gasteiger partial charge in [-0.1, -0.05) is 85.8 Å². The van der Waals surface area contributed by atoms with Gasteiger partial charge < -0.3 is 10.5 Å². The summed E-state index contributed by atoms with van der Waals surface area (Å²) >= 11 is 1.67. The van der Waals surface area contributed by atoms with Crippen LogP contribution in [-0.2, 0) is 12.3 Å². The average Bonchev–Trinajstić information content (AvgIpc) is 3.12. The lowest BCUT2D eigenvalue weighted by Crippen LogP contribution is -2.06. The normalized spacial score (nSPS) is 11.1. The first-order valence-corrected chi connectivity index (χ1v) is 11.1. The van der Waals surface area contributed by atoms with E-state index in [4.69, 9.17) is 15.5 Å². The number of rotatable bonds is 9. The molecule has 0 spiro atoms. The van der Waals surface area contributed by atoms with Crippen LogP contribution >= 0.6 is 11.8 Å². The number of hydrogen-bond donors (Lipinski definition) is 1. The van der Waals surface area contributed by atoms with Crippen molar-refractivity contribution in [3.05, 3.63) is 71.8 Å². The summed E-state index contributed by atoms with van der Waals surface area (Å²) in [5.41, 5.74) is 9.95. The van der Waals surface area contributed by atoms with Crippen molar-refractivity contribution in [1.29, 1.82) is 0 Å². The Balaban J connectivity index is 1.70. The van der Waals surface area contributed by atoms with Crippen LogP contribution in [0.4, 0.5) is 5.82 Å². The van der Waals surface area contributed by atoms with Crippen molar-refractivity contribution in [3.8, 4) is 6.01 Å². The lowest BCUT2D eigenvalue weighted by atomic mass is 10.2. The Morgan fingerprint density at radius 1 is 0.933 bits per heavy atom. The van der Waals surface area contributed by atoms with Crippen LogP contribution in [0, 0.1) is 0 Å². The standard InChI is InChI=1S/C23H25N5OS/c1-2-3-14-29-22-26-20(24)19-21(27-22)28(15-17-10-6-4-7-11-17)23(25-19)30-16-18-12-8-5-9-13-18/h4-13H,2-3,14-16H2,1H3,(H2,24,26,27). The van der Waals surface area contributed by atoms with Gasteiger partial charge in [-0.2, -0.15) is 9.97 Å². The van der Waals surface area contributed by atoms with Gasteiger partial charge in [0.2, 0.25) is 0 Å². The fourth-order valence-electron chi connectivity index (χ4n) is 3.09. The topological polar surface area (TPSA) is 78.9 Å².